The Balaban J connectivity index is 1.57. The minimum atomic E-state index is -0.497. The standard InChI is InChI=1S/C25H36N4O2S/c1-6-29(7-2)23(31)15(3)18-10-11-25(5)13-19-21(16(4)20(25)22(18)30)28-24(32-19)27-17-9-8-12-26-14-17/h8-9,12,14-16,18,20,22,30H,6-7,10-11,13H2,1-5H3,(H,27,28). The number of nitrogens with zero attached hydrogens (tertiary/aromatic N) is 3. The first-order valence-corrected chi connectivity index (χ1v) is 12.7. The van der Waals surface area contributed by atoms with Gasteiger partial charge in [0.25, 0.3) is 0 Å². The van der Waals surface area contributed by atoms with E-state index in [-0.39, 0.29) is 35.0 Å². The van der Waals surface area contributed by atoms with Crippen molar-refractivity contribution in [1.29, 1.82) is 0 Å². The van der Waals surface area contributed by atoms with Gasteiger partial charge in [-0.25, -0.2) is 4.98 Å². The number of anilines is 2. The van der Waals surface area contributed by atoms with Crippen molar-refractivity contribution >= 4 is 28.1 Å². The summed E-state index contributed by atoms with van der Waals surface area (Å²) in [6.07, 6.45) is 5.92. The van der Waals surface area contributed by atoms with E-state index in [0.717, 1.165) is 48.9 Å². The maximum atomic E-state index is 13.0. The summed E-state index contributed by atoms with van der Waals surface area (Å²) < 4.78 is 0. The number of aromatic nitrogens is 2. The molecule has 6 atom stereocenters. The fourth-order valence-corrected chi connectivity index (χ4v) is 7.45. The molecule has 0 aliphatic heterocycles. The second-order valence-electron chi connectivity index (χ2n) is 9.83. The minimum absolute atomic E-state index is 0.00296. The van der Waals surface area contributed by atoms with Crippen LogP contribution in [0, 0.1) is 23.2 Å². The van der Waals surface area contributed by atoms with Crippen molar-refractivity contribution in [3.63, 3.8) is 0 Å². The number of fused-ring (bicyclic) bond motifs is 2. The van der Waals surface area contributed by atoms with Crippen molar-refractivity contribution in [2.45, 2.75) is 65.9 Å². The molecule has 2 heterocycles. The van der Waals surface area contributed by atoms with Crippen molar-refractivity contribution in [3.05, 3.63) is 35.1 Å². The highest BCUT2D eigenvalue weighted by atomic mass is 32.1. The summed E-state index contributed by atoms with van der Waals surface area (Å²) >= 11 is 1.72. The van der Waals surface area contributed by atoms with Crippen molar-refractivity contribution in [1.82, 2.24) is 14.9 Å². The van der Waals surface area contributed by atoms with Crippen LogP contribution in [0.5, 0.6) is 0 Å². The largest absolute Gasteiger partial charge is 0.392 e. The number of hydrogen-bond donors (Lipinski definition) is 2. The second kappa shape index (κ2) is 9.10. The van der Waals surface area contributed by atoms with E-state index >= 15 is 0 Å². The average Bonchev–Trinajstić information content (AvgIpc) is 3.16. The van der Waals surface area contributed by atoms with Gasteiger partial charge in [0.15, 0.2) is 5.13 Å². The summed E-state index contributed by atoms with van der Waals surface area (Å²) in [5.41, 5.74) is 2.06. The molecule has 1 saturated carbocycles. The summed E-state index contributed by atoms with van der Waals surface area (Å²) in [4.78, 5) is 25.4. The first-order valence-electron chi connectivity index (χ1n) is 11.9. The summed E-state index contributed by atoms with van der Waals surface area (Å²) in [6, 6.07) is 3.89. The van der Waals surface area contributed by atoms with E-state index in [9.17, 15) is 9.90 Å². The lowest BCUT2D eigenvalue weighted by Gasteiger charge is -2.53. The van der Waals surface area contributed by atoms with Crippen LogP contribution < -0.4 is 5.32 Å². The zero-order chi connectivity index (χ0) is 23.0. The third-order valence-corrected chi connectivity index (χ3v) is 8.93. The third-order valence-electron chi connectivity index (χ3n) is 7.94. The zero-order valence-corrected chi connectivity index (χ0v) is 20.7. The number of hydrogen-bond acceptors (Lipinski definition) is 6. The van der Waals surface area contributed by atoms with E-state index in [0.29, 0.717) is 0 Å². The molecule has 1 amide bonds. The van der Waals surface area contributed by atoms with Gasteiger partial charge in [-0.1, -0.05) is 20.8 Å². The summed E-state index contributed by atoms with van der Waals surface area (Å²) in [7, 11) is 0. The predicted octanol–water partition coefficient (Wildman–Crippen LogP) is 4.84. The Morgan fingerprint density at radius 3 is 2.81 bits per heavy atom. The van der Waals surface area contributed by atoms with Crippen LogP contribution in [0.1, 0.15) is 63.9 Å². The van der Waals surface area contributed by atoms with E-state index in [1.807, 2.05) is 37.8 Å². The van der Waals surface area contributed by atoms with Crippen LogP contribution in [0.15, 0.2) is 24.5 Å². The monoisotopic (exact) mass is 456 g/mol. The first kappa shape index (κ1) is 23.2. The molecule has 6 nitrogen and oxygen atoms in total. The Morgan fingerprint density at radius 2 is 2.16 bits per heavy atom. The fraction of sp³-hybridized carbons (Fsp3) is 0.640. The Hall–Kier alpha value is -1.99. The molecule has 174 valence electrons. The Morgan fingerprint density at radius 1 is 1.41 bits per heavy atom. The molecule has 7 heteroatoms. The molecule has 0 aromatic carbocycles. The van der Waals surface area contributed by atoms with Crippen molar-refractivity contribution in [2.75, 3.05) is 18.4 Å². The van der Waals surface area contributed by atoms with E-state index in [4.69, 9.17) is 4.98 Å². The molecule has 2 N–H and O–H groups in total. The highest BCUT2D eigenvalue weighted by Gasteiger charge is 2.54. The molecule has 2 aromatic rings. The lowest BCUT2D eigenvalue weighted by molar-refractivity contribution is -0.144. The number of aliphatic hydroxyl groups excluding tert-OH is 1. The Kier molecular flexibility index (Phi) is 6.59. The van der Waals surface area contributed by atoms with Crippen LogP contribution in [0.25, 0.3) is 0 Å². The van der Waals surface area contributed by atoms with Crippen LogP contribution in [0.4, 0.5) is 10.8 Å². The van der Waals surface area contributed by atoms with Crippen LogP contribution in [-0.4, -0.2) is 45.1 Å². The number of pyridine rings is 1. The summed E-state index contributed by atoms with van der Waals surface area (Å²) in [5, 5.41) is 15.9. The van der Waals surface area contributed by atoms with Gasteiger partial charge in [-0.2, -0.15) is 0 Å². The molecule has 1 fully saturated rings. The number of aliphatic hydroxyl groups is 1. The Labute approximate surface area is 195 Å². The molecule has 0 spiro atoms. The van der Waals surface area contributed by atoms with Crippen LogP contribution in [-0.2, 0) is 11.2 Å². The highest BCUT2D eigenvalue weighted by Crippen LogP contribution is 2.57. The smallest absolute Gasteiger partial charge is 0.225 e. The normalized spacial score (nSPS) is 30.2. The quantitative estimate of drug-likeness (QED) is 0.650. The number of thiazole rings is 1. The molecule has 4 rings (SSSR count). The highest BCUT2D eigenvalue weighted by molar-refractivity contribution is 7.15. The van der Waals surface area contributed by atoms with Gasteiger partial charge in [0.05, 0.1) is 23.7 Å². The number of carbonyl (C=O) groups excluding carboxylic acids is 1. The molecule has 0 saturated heterocycles. The van der Waals surface area contributed by atoms with Gasteiger partial charge in [0.1, 0.15) is 0 Å². The number of nitrogens with one attached hydrogen (secondary N) is 1. The van der Waals surface area contributed by atoms with E-state index in [2.05, 4.69) is 24.1 Å². The van der Waals surface area contributed by atoms with Gasteiger partial charge in [-0.3, -0.25) is 9.78 Å². The molecule has 2 aliphatic carbocycles. The predicted molar refractivity (Wildman–Crippen MR) is 129 cm³/mol. The van der Waals surface area contributed by atoms with Crippen LogP contribution in [0.3, 0.4) is 0 Å². The van der Waals surface area contributed by atoms with E-state index < -0.39 is 6.10 Å². The molecule has 2 aliphatic rings. The molecule has 2 aromatic heterocycles. The lowest BCUT2D eigenvalue weighted by Crippen LogP contribution is -2.53. The van der Waals surface area contributed by atoms with Crippen molar-refractivity contribution in [3.8, 4) is 0 Å². The molecular weight excluding hydrogens is 420 g/mol. The van der Waals surface area contributed by atoms with Gasteiger partial charge < -0.3 is 15.3 Å². The van der Waals surface area contributed by atoms with Gasteiger partial charge in [0, 0.05) is 36.0 Å². The van der Waals surface area contributed by atoms with Crippen molar-refractivity contribution < 1.29 is 9.90 Å². The topological polar surface area (TPSA) is 78.4 Å². The SMILES string of the molecule is CCN(CC)C(=O)C(C)C1CCC2(C)Cc3sc(Nc4cccnc4)nc3C(C)C2C1O. The van der Waals surface area contributed by atoms with Crippen LogP contribution >= 0.6 is 11.3 Å². The fourth-order valence-electron chi connectivity index (χ4n) is 6.17. The number of amides is 1. The van der Waals surface area contributed by atoms with Gasteiger partial charge >= 0.3 is 0 Å². The van der Waals surface area contributed by atoms with Crippen LogP contribution in [0.2, 0.25) is 0 Å². The van der Waals surface area contributed by atoms with Crippen molar-refractivity contribution in [2.24, 2.45) is 23.2 Å². The zero-order valence-electron chi connectivity index (χ0n) is 19.8. The first-order chi connectivity index (χ1) is 15.3. The van der Waals surface area contributed by atoms with E-state index in [1.54, 1.807) is 23.7 Å². The van der Waals surface area contributed by atoms with Gasteiger partial charge in [0.2, 0.25) is 5.91 Å². The average molecular weight is 457 g/mol. The Bertz CT molecular complexity index is 945. The molecule has 32 heavy (non-hydrogen) atoms. The second-order valence-corrected chi connectivity index (χ2v) is 10.9. The maximum Gasteiger partial charge on any atom is 0.225 e. The summed E-state index contributed by atoms with van der Waals surface area (Å²) in [6.45, 7) is 12.0. The molecule has 0 bridgehead atoms. The maximum absolute atomic E-state index is 13.0. The van der Waals surface area contributed by atoms with E-state index in [1.165, 1.54) is 4.88 Å². The number of rotatable bonds is 6. The van der Waals surface area contributed by atoms with Gasteiger partial charge in [-0.05, 0) is 62.5 Å². The van der Waals surface area contributed by atoms with Gasteiger partial charge in [-0.15, -0.1) is 11.3 Å². The number of carbonyl (C=O) groups is 1. The molecule has 6 unspecified atom stereocenters. The third kappa shape index (κ3) is 4.05. The molecule has 0 radical (unpaired) electrons. The molecular formula is C25H36N4O2S. The minimum Gasteiger partial charge on any atom is -0.392 e. The summed E-state index contributed by atoms with van der Waals surface area (Å²) in [5.74, 6) is 0.258. The lowest BCUT2D eigenvalue weighted by atomic mass is 9.53.